The largest absolute Gasteiger partial charge is 0.510 e. The maximum absolute atomic E-state index is 11.2. The summed E-state index contributed by atoms with van der Waals surface area (Å²) in [7, 11) is 0. The third kappa shape index (κ3) is 2.17. The lowest BCUT2D eigenvalue weighted by molar-refractivity contribution is -0.106. The Hall–Kier alpha value is -0.960. The molecule has 1 rings (SSSR count). The Morgan fingerprint density at radius 2 is 2.13 bits per heavy atom. The molecule has 0 spiro atoms. The summed E-state index contributed by atoms with van der Waals surface area (Å²) >= 11 is 1.16. The van der Waals surface area contributed by atoms with Crippen LogP contribution in [-0.4, -0.2) is 15.0 Å². The van der Waals surface area contributed by atoms with E-state index in [1.54, 1.807) is 0 Å². The summed E-state index contributed by atoms with van der Waals surface area (Å²) in [5.41, 5.74) is 2.10. The second-order valence-electron chi connectivity index (χ2n) is 3.79. The number of allylic oxidation sites excluding steroid dienone is 3. The van der Waals surface area contributed by atoms with Gasteiger partial charge in [0.15, 0.2) is 0 Å². The highest BCUT2D eigenvalue weighted by Gasteiger charge is 2.40. The van der Waals surface area contributed by atoms with Crippen molar-refractivity contribution in [2.24, 2.45) is 0 Å². The van der Waals surface area contributed by atoms with Gasteiger partial charge in [-0.3, -0.25) is 4.79 Å². The van der Waals surface area contributed by atoms with Crippen molar-refractivity contribution < 1.29 is 9.90 Å². The Bertz CT molecular complexity index is 377. The SMILES string of the molecule is C/C=C/C(C)=C(\C)[C@@]1(C)SC(=O)C=C1O. The molecule has 82 valence electrons. The Morgan fingerprint density at radius 3 is 2.53 bits per heavy atom. The van der Waals surface area contributed by atoms with E-state index < -0.39 is 4.75 Å². The maximum atomic E-state index is 11.2. The zero-order valence-electron chi connectivity index (χ0n) is 9.50. The van der Waals surface area contributed by atoms with Gasteiger partial charge in [0.25, 0.3) is 0 Å². The van der Waals surface area contributed by atoms with Crippen LogP contribution in [0.4, 0.5) is 0 Å². The van der Waals surface area contributed by atoms with Gasteiger partial charge in [0, 0.05) is 6.08 Å². The molecule has 0 radical (unpaired) electrons. The molecule has 0 aromatic heterocycles. The van der Waals surface area contributed by atoms with Gasteiger partial charge < -0.3 is 5.11 Å². The zero-order valence-corrected chi connectivity index (χ0v) is 10.3. The average molecular weight is 224 g/mol. The highest BCUT2D eigenvalue weighted by atomic mass is 32.2. The van der Waals surface area contributed by atoms with E-state index in [4.69, 9.17) is 0 Å². The lowest BCUT2D eigenvalue weighted by Gasteiger charge is -2.25. The van der Waals surface area contributed by atoms with Crippen molar-refractivity contribution >= 4 is 16.9 Å². The summed E-state index contributed by atoms with van der Waals surface area (Å²) < 4.78 is -0.583. The van der Waals surface area contributed by atoms with Crippen molar-refractivity contribution in [3.63, 3.8) is 0 Å². The van der Waals surface area contributed by atoms with E-state index in [9.17, 15) is 9.90 Å². The van der Waals surface area contributed by atoms with Crippen LogP contribution >= 0.6 is 11.8 Å². The first-order chi connectivity index (χ1) is 6.91. The standard InChI is InChI=1S/C12H16O2S/c1-5-6-8(2)9(3)12(4)10(13)7-11(14)15-12/h5-7,13H,1-4H3/b6-5+,9-8+/t12-/m1/s1. The van der Waals surface area contributed by atoms with Crippen LogP contribution in [-0.2, 0) is 4.79 Å². The van der Waals surface area contributed by atoms with Crippen molar-refractivity contribution in [1.29, 1.82) is 0 Å². The first kappa shape index (κ1) is 12.1. The Morgan fingerprint density at radius 1 is 1.53 bits per heavy atom. The molecule has 1 heterocycles. The topological polar surface area (TPSA) is 37.3 Å². The Kier molecular flexibility index (Phi) is 3.45. The number of carbonyl (C=O) groups is 1. The minimum Gasteiger partial charge on any atom is -0.510 e. The Balaban J connectivity index is 3.14. The molecule has 0 fully saturated rings. The number of aliphatic hydroxyl groups excluding tert-OH is 1. The molecule has 3 heteroatoms. The lowest BCUT2D eigenvalue weighted by Crippen LogP contribution is -2.23. The average Bonchev–Trinajstić information content (AvgIpc) is 2.41. The molecule has 0 aliphatic carbocycles. The van der Waals surface area contributed by atoms with Gasteiger partial charge in [-0.15, -0.1) is 0 Å². The molecule has 0 unspecified atom stereocenters. The van der Waals surface area contributed by atoms with Crippen LogP contribution in [0.5, 0.6) is 0 Å². The van der Waals surface area contributed by atoms with E-state index in [1.807, 2.05) is 39.8 Å². The van der Waals surface area contributed by atoms with Gasteiger partial charge in [0.1, 0.15) is 5.76 Å². The van der Waals surface area contributed by atoms with E-state index in [-0.39, 0.29) is 10.9 Å². The molecule has 0 bridgehead atoms. The predicted octanol–water partition coefficient (Wildman–Crippen LogP) is 3.37. The number of hydrogen-bond donors (Lipinski definition) is 1. The number of hydrogen-bond acceptors (Lipinski definition) is 3. The van der Waals surface area contributed by atoms with E-state index >= 15 is 0 Å². The van der Waals surface area contributed by atoms with Crippen LogP contribution in [0.15, 0.2) is 35.1 Å². The first-order valence-corrected chi connectivity index (χ1v) is 5.68. The normalized spacial score (nSPS) is 28.3. The smallest absolute Gasteiger partial charge is 0.216 e. The molecule has 0 aromatic carbocycles. The third-order valence-corrected chi connectivity index (χ3v) is 4.01. The van der Waals surface area contributed by atoms with Gasteiger partial charge >= 0.3 is 0 Å². The summed E-state index contributed by atoms with van der Waals surface area (Å²) in [4.78, 5) is 11.2. The van der Waals surface area contributed by atoms with Crippen LogP contribution in [0.2, 0.25) is 0 Å². The minimum atomic E-state index is -0.583. The first-order valence-electron chi connectivity index (χ1n) is 4.86. The van der Waals surface area contributed by atoms with Gasteiger partial charge in [-0.2, -0.15) is 0 Å². The lowest BCUT2D eigenvalue weighted by atomic mass is 9.94. The van der Waals surface area contributed by atoms with Crippen molar-refractivity contribution in [3.05, 3.63) is 35.1 Å². The van der Waals surface area contributed by atoms with Crippen molar-refractivity contribution in [1.82, 2.24) is 0 Å². The molecule has 15 heavy (non-hydrogen) atoms. The summed E-state index contributed by atoms with van der Waals surface area (Å²) in [6.07, 6.45) is 5.23. The van der Waals surface area contributed by atoms with Crippen LogP contribution in [0, 0.1) is 0 Å². The summed E-state index contributed by atoms with van der Waals surface area (Å²) in [6.45, 7) is 7.75. The van der Waals surface area contributed by atoms with E-state index in [1.165, 1.54) is 6.08 Å². The molecule has 0 saturated heterocycles. The van der Waals surface area contributed by atoms with Crippen molar-refractivity contribution in [2.75, 3.05) is 0 Å². The zero-order chi connectivity index (χ0) is 11.6. The molecule has 0 aromatic rings. The van der Waals surface area contributed by atoms with Crippen LogP contribution < -0.4 is 0 Å². The van der Waals surface area contributed by atoms with Gasteiger partial charge in [-0.25, -0.2) is 0 Å². The van der Waals surface area contributed by atoms with Crippen LogP contribution in [0.3, 0.4) is 0 Å². The van der Waals surface area contributed by atoms with Gasteiger partial charge in [-0.1, -0.05) is 29.5 Å². The minimum absolute atomic E-state index is 0.0809. The molecule has 0 saturated carbocycles. The van der Waals surface area contributed by atoms with Crippen molar-refractivity contribution in [2.45, 2.75) is 32.4 Å². The molecule has 1 N–H and O–H groups in total. The van der Waals surface area contributed by atoms with E-state index in [2.05, 4.69) is 0 Å². The fraction of sp³-hybridized carbons (Fsp3) is 0.417. The highest BCUT2D eigenvalue weighted by molar-refractivity contribution is 8.15. The third-order valence-electron chi connectivity index (χ3n) is 2.77. The number of thioether (sulfide) groups is 1. The number of carbonyl (C=O) groups excluding carboxylic acids is 1. The van der Waals surface area contributed by atoms with Gasteiger partial charge in [-0.05, 0) is 33.3 Å². The quantitative estimate of drug-likeness (QED) is 0.731. The predicted molar refractivity (Wildman–Crippen MR) is 64.9 cm³/mol. The molecule has 1 aliphatic heterocycles. The molecular formula is C12H16O2S. The molecule has 1 aliphatic rings. The van der Waals surface area contributed by atoms with E-state index in [0.717, 1.165) is 22.9 Å². The van der Waals surface area contributed by atoms with Crippen LogP contribution in [0.1, 0.15) is 27.7 Å². The molecule has 2 nitrogen and oxygen atoms in total. The monoisotopic (exact) mass is 224 g/mol. The number of rotatable bonds is 2. The molecule has 0 amide bonds. The van der Waals surface area contributed by atoms with Crippen molar-refractivity contribution in [3.8, 4) is 0 Å². The van der Waals surface area contributed by atoms with Gasteiger partial charge in [0.05, 0.1) is 4.75 Å². The summed E-state index contributed by atoms with van der Waals surface area (Å²) in [5.74, 6) is 0.152. The fourth-order valence-corrected chi connectivity index (χ4v) is 2.60. The second kappa shape index (κ2) is 4.27. The second-order valence-corrected chi connectivity index (χ2v) is 5.21. The molecular weight excluding hydrogens is 208 g/mol. The summed E-state index contributed by atoms with van der Waals surface area (Å²) in [5, 5.41) is 9.69. The van der Waals surface area contributed by atoms with Gasteiger partial charge in [0.2, 0.25) is 5.12 Å². The number of aliphatic hydroxyl groups is 1. The Labute approximate surface area is 94.8 Å². The summed E-state index contributed by atoms with van der Waals surface area (Å²) in [6, 6.07) is 0. The maximum Gasteiger partial charge on any atom is 0.216 e. The molecule has 1 atom stereocenters. The fourth-order valence-electron chi connectivity index (χ4n) is 1.55. The van der Waals surface area contributed by atoms with E-state index in [0.29, 0.717) is 0 Å². The highest BCUT2D eigenvalue weighted by Crippen LogP contribution is 2.44. The van der Waals surface area contributed by atoms with Crippen LogP contribution in [0.25, 0.3) is 0 Å².